The van der Waals surface area contributed by atoms with Gasteiger partial charge in [0, 0.05) is 16.5 Å². The van der Waals surface area contributed by atoms with Crippen molar-refractivity contribution < 1.29 is 13.9 Å². The zero-order valence-electron chi connectivity index (χ0n) is 15.3. The highest BCUT2D eigenvalue weighted by atomic mass is 32.1. The number of aliphatic hydroxyl groups is 1. The Hall–Kier alpha value is -3.06. The smallest absolute Gasteiger partial charge is 0.149 e. The maximum atomic E-state index is 14.2. The van der Waals surface area contributed by atoms with Gasteiger partial charge in [-0.2, -0.15) is 0 Å². The molecule has 0 spiro atoms. The Morgan fingerprint density at radius 1 is 1.11 bits per heavy atom. The molecule has 2 N–H and O–H groups in total. The summed E-state index contributed by atoms with van der Waals surface area (Å²) in [6, 6.07) is 11.1. The van der Waals surface area contributed by atoms with Crippen LogP contribution in [0.1, 0.15) is 15.4 Å². The van der Waals surface area contributed by atoms with Gasteiger partial charge in [0.15, 0.2) is 0 Å². The van der Waals surface area contributed by atoms with Crippen molar-refractivity contribution in [3.63, 3.8) is 0 Å². The van der Waals surface area contributed by atoms with Crippen LogP contribution < -0.4 is 4.90 Å². The summed E-state index contributed by atoms with van der Waals surface area (Å²) < 4.78 is 27.4. The van der Waals surface area contributed by atoms with Gasteiger partial charge in [0.1, 0.15) is 28.2 Å². The van der Waals surface area contributed by atoms with Crippen LogP contribution in [-0.4, -0.2) is 22.5 Å². The summed E-state index contributed by atoms with van der Waals surface area (Å²) in [6.45, 7) is 3.88. The number of anilines is 1. The van der Waals surface area contributed by atoms with Gasteiger partial charge in [0.05, 0.1) is 23.5 Å². The third kappa shape index (κ3) is 3.07. The molecule has 2 heterocycles. The largest absolute Gasteiger partial charge is 0.510 e. The van der Waals surface area contributed by atoms with Crippen LogP contribution >= 0.6 is 11.3 Å². The molecule has 1 aromatic heterocycles. The summed E-state index contributed by atoms with van der Waals surface area (Å²) in [7, 11) is 0. The SMILES string of the molecule is Cc1ccc(-c2nc(C3=C(O)CN(c4ccc(F)cc4F)C3=N)sc2C)cc1. The number of aryl methyl sites for hydroxylation is 2. The van der Waals surface area contributed by atoms with E-state index in [-0.39, 0.29) is 29.4 Å². The topological polar surface area (TPSA) is 60.2 Å². The van der Waals surface area contributed by atoms with Crippen LogP contribution in [-0.2, 0) is 0 Å². The first-order chi connectivity index (χ1) is 13.3. The van der Waals surface area contributed by atoms with Crippen molar-refractivity contribution in [1.29, 1.82) is 5.41 Å². The minimum Gasteiger partial charge on any atom is -0.510 e. The van der Waals surface area contributed by atoms with Crippen molar-refractivity contribution in [3.8, 4) is 11.3 Å². The summed E-state index contributed by atoms with van der Waals surface area (Å²) in [5, 5.41) is 19.4. The molecule has 142 valence electrons. The maximum absolute atomic E-state index is 14.2. The van der Waals surface area contributed by atoms with Crippen molar-refractivity contribution in [2.24, 2.45) is 0 Å². The van der Waals surface area contributed by atoms with Gasteiger partial charge in [-0.05, 0) is 26.0 Å². The van der Waals surface area contributed by atoms with Gasteiger partial charge in [-0.3, -0.25) is 5.41 Å². The second kappa shape index (κ2) is 6.83. The molecule has 3 aromatic rings. The number of benzene rings is 2. The van der Waals surface area contributed by atoms with Gasteiger partial charge in [0.2, 0.25) is 0 Å². The molecule has 0 fully saturated rings. The van der Waals surface area contributed by atoms with E-state index < -0.39 is 11.6 Å². The van der Waals surface area contributed by atoms with E-state index in [1.165, 1.54) is 22.3 Å². The fourth-order valence-corrected chi connectivity index (χ4v) is 4.20. The van der Waals surface area contributed by atoms with Gasteiger partial charge in [0.25, 0.3) is 0 Å². The first-order valence-corrected chi connectivity index (χ1v) is 9.45. The van der Waals surface area contributed by atoms with Gasteiger partial charge in [-0.25, -0.2) is 13.8 Å². The Labute approximate surface area is 164 Å². The Balaban J connectivity index is 1.70. The summed E-state index contributed by atoms with van der Waals surface area (Å²) in [6.07, 6.45) is 0. The zero-order chi connectivity index (χ0) is 20.0. The molecule has 0 atom stereocenters. The molecule has 7 heteroatoms. The average Bonchev–Trinajstić information content (AvgIpc) is 3.15. The third-order valence-electron chi connectivity index (χ3n) is 4.64. The van der Waals surface area contributed by atoms with E-state index in [9.17, 15) is 13.9 Å². The number of hydrogen-bond acceptors (Lipinski definition) is 4. The van der Waals surface area contributed by atoms with Crippen LogP contribution in [0.3, 0.4) is 0 Å². The van der Waals surface area contributed by atoms with Crippen LogP contribution in [0, 0.1) is 30.9 Å². The predicted molar refractivity (Wildman–Crippen MR) is 108 cm³/mol. The van der Waals surface area contributed by atoms with E-state index in [1.807, 2.05) is 38.1 Å². The maximum Gasteiger partial charge on any atom is 0.149 e. The predicted octanol–water partition coefficient (Wildman–Crippen LogP) is 5.47. The Morgan fingerprint density at radius 3 is 2.50 bits per heavy atom. The molecule has 1 aliphatic heterocycles. The van der Waals surface area contributed by atoms with Gasteiger partial charge >= 0.3 is 0 Å². The number of amidine groups is 1. The van der Waals surface area contributed by atoms with Gasteiger partial charge in [-0.15, -0.1) is 11.3 Å². The van der Waals surface area contributed by atoms with Crippen molar-refractivity contribution in [2.75, 3.05) is 11.4 Å². The van der Waals surface area contributed by atoms with Crippen molar-refractivity contribution >= 4 is 28.4 Å². The highest BCUT2D eigenvalue weighted by Crippen LogP contribution is 2.37. The highest BCUT2D eigenvalue weighted by molar-refractivity contribution is 7.13. The highest BCUT2D eigenvalue weighted by Gasteiger charge is 2.33. The first-order valence-electron chi connectivity index (χ1n) is 8.63. The minimum absolute atomic E-state index is 0.0417. The summed E-state index contributed by atoms with van der Waals surface area (Å²) in [4.78, 5) is 6.90. The molecule has 0 amide bonds. The van der Waals surface area contributed by atoms with Crippen molar-refractivity contribution in [2.45, 2.75) is 13.8 Å². The lowest BCUT2D eigenvalue weighted by molar-refractivity contribution is 0.411. The average molecular weight is 397 g/mol. The van der Waals surface area contributed by atoms with E-state index in [0.29, 0.717) is 5.01 Å². The van der Waals surface area contributed by atoms with E-state index in [1.54, 1.807) is 0 Å². The molecule has 28 heavy (non-hydrogen) atoms. The monoisotopic (exact) mass is 397 g/mol. The second-order valence-corrected chi connectivity index (χ2v) is 7.85. The molecule has 0 aliphatic carbocycles. The number of thiazole rings is 1. The van der Waals surface area contributed by atoms with Crippen LogP contribution in [0.15, 0.2) is 48.2 Å². The van der Waals surface area contributed by atoms with Crippen LogP contribution in [0.4, 0.5) is 14.5 Å². The molecular formula is C21H17F2N3OS. The molecule has 0 bridgehead atoms. The zero-order valence-corrected chi connectivity index (χ0v) is 16.1. The lowest BCUT2D eigenvalue weighted by Crippen LogP contribution is -2.27. The van der Waals surface area contributed by atoms with E-state index in [4.69, 9.17) is 5.41 Å². The first kappa shape index (κ1) is 18.3. The van der Waals surface area contributed by atoms with E-state index >= 15 is 0 Å². The number of nitrogens with one attached hydrogen (secondary N) is 1. The fraction of sp³-hybridized carbons (Fsp3) is 0.143. The lowest BCUT2D eigenvalue weighted by Gasteiger charge is -2.19. The second-order valence-electron chi connectivity index (χ2n) is 6.64. The lowest BCUT2D eigenvalue weighted by atomic mass is 10.1. The molecule has 4 nitrogen and oxygen atoms in total. The Morgan fingerprint density at radius 2 is 1.82 bits per heavy atom. The Bertz CT molecular complexity index is 1120. The molecule has 0 unspecified atom stereocenters. The number of hydrogen-bond donors (Lipinski definition) is 2. The Kier molecular flexibility index (Phi) is 4.47. The molecule has 0 saturated carbocycles. The number of halogens is 2. The molecule has 0 radical (unpaired) electrons. The summed E-state index contributed by atoms with van der Waals surface area (Å²) in [5.74, 6) is -1.60. The number of nitrogens with zero attached hydrogens (tertiary/aromatic N) is 2. The fourth-order valence-electron chi connectivity index (χ4n) is 3.19. The number of rotatable bonds is 3. The molecule has 0 saturated heterocycles. The van der Waals surface area contributed by atoms with Crippen molar-refractivity contribution in [3.05, 3.63) is 75.3 Å². The third-order valence-corrected chi connectivity index (χ3v) is 5.63. The summed E-state index contributed by atoms with van der Waals surface area (Å²) >= 11 is 1.37. The van der Waals surface area contributed by atoms with Gasteiger partial charge in [-0.1, -0.05) is 29.8 Å². The van der Waals surface area contributed by atoms with Crippen LogP contribution in [0.2, 0.25) is 0 Å². The van der Waals surface area contributed by atoms with Crippen LogP contribution in [0.5, 0.6) is 0 Å². The standard InChI is InChI=1S/C21H17F2N3OS/c1-11-3-5-13(6-4-11)19-12(2)28-21(25-19)18-17(27)10-26(20(18)24)16-8-7-14(22)9-15(16)23/h3-9,24,27H,10H2,1-2H3. The van der Waals surface area contributed by atoms with E-state index in [0.717, 1.165) is 33.8 Å². The number of aliphatic hydroxyl groups excluding tert-OH is 1. The molecule has 2 aromatic carbocycles. The minimum atomic E-state index is -0.783. The molecular weight excluding hydrogens is 380 g/mol. The number of aromatic nitrogens is 1. The quantitative estimate of drug-likeness (QED) is 0.616. The molecule has 4 rings (SSSR count). The van der Waals surface area contributed by atoms with Gasteiger partial charge < -0.3 is 10.0 Å². The summed E-state index contributed by atoms with van der Waals surface area (Å²) in [5.41, 5.74) is 3.21. The normalized spacial score (nSPS) is 14.3. The van der Waals surface area contributed by atoms with Crippen LogP contribution in [0.25, 0.3) is 16.8 Å². The molecule has 1 aliphatic rings. The van der Waals surface area contributed by atoms with Crippen molar-refractivity contribution in [1.82, 2.24) is 4.98 Å². The van der Waals surface area contributed by atoms with E-state index in [2.05, 4.69) is 4.98 Å².